The molecule has 0 saturated heterocycles. The molecule has 5 heteroatoms. The summed E-state index contributed by atoms with van der Waals surface area (Å²) in [7, 11) is 0. The second kappa shape index (κ2) is 9.95. The Bertz CT molecular complexity index is 1190. The molecule has 4 rings (SSSR count). The number of ether oxygens (including phenoxy) is 2. The molecule has 158 valence electrons. The standard InChI is InChI=1S/C26H23Cl2NO2/c1-2-30-26-14-18(16-29-21-11-12-23(27)24(28)15-21)10-13-25(26)31-17-20-8-5-7-19-6-3-4-9-22(19)20/h3-15,29H,2,16-17H2,1H3. The Morgan fingerprint density at radius 3 is 2.45 bits per heavy atom. The fourth-order valence-corrected chi connectivity index (χ4v) is 3.73. The van der Waals surface area contributed by atoms with Crippen LogP contribution in [0.3, 0.4) is 0 Å². The summed E-state index contributed by atoms with van der Waals surface area (Å²) in [4.78, 5) is 0. The van der Waals surface area contributed by atoms with Gasteiger partial charge in [-0.2, -0.15) is 0 Å². The number of rotatable bonds is 8. The highest BCUT2D eigenvalue weighted by Crippen LogP contribution is 2.31. The molecule has 4 aromatic carbocycles. The maximum absolute atomic E-state index is 6.15. The molecule has 0 aliphatic rings. The lowest BCUT2D eigenvalue weighted by Gasteiger charge is -2.15. The minimum atomic E-state index is 0.475. The average Bonchev–Trinajstić information content (AvgIpc) is 2.79. The molecule has 0 aliphatic carbocycles. The maximum atomic E-state index is 6.15. The van der Waals surface area contributed by atoms with Gasteiger partial charge in [-0.3, -0.25) is 0 Å². The number of hydrogen-bond acceptors (Lipinski definition) is 3. The Kier molecular flexibility index (Phi) is 6.86. The van der Waals surface area contributed by atoms with Crippen LogP contribution in [-0.2, 0) is 13.2 Å². The molecule has 0 spiro atoms. The van der Waals surface area contributed by atoms with Crippen LogP contribution in [-0.4, -0.2) is 6.61 Å². The number of halogens is 2. The van der Waals surface area contributed by atoms with Crippen molar-refractivity contribution in [2.75, 3.05) is 11.9 Å². The molecule has 4 aromatic rings. The molecule has 0 heterocycles. The van der Waals surface area contributed by atoms with Gasteiger partial charge in [0.15, 0.2) is 11.5 Å². The molecule has 0 fully saturated rings. The quantitative estimate of drug-likeness (QED) is 0.297. The lowest BCUT2D eigenvalue weighted by molar-refractivity contribution is 0.270. The zero-order chi connectivity index (χ0) is 21.6. The lowest BCUT2D eigenvalue weighted by atomic mass is 10.1. The summed E-state index contributed by atoms with van der Waals surface area (Å²) in [5, 5.41) is 6.83. The van der Waals surface area contributed by atoms with E-state index in [1.807, 2.05) is 49.4 Å². The molecule has 3 nitrogen and oxygen atoms in total. The van der Waals surface area contributed by atoms with E-state index in [1.165, 1.54) is 10.8 Å². The van der Waals surface area contributed by atoms with E-state index in [9.17, 15) is 0 Å². The Labute approximate surface area is 192 Å². The molecule has 0 radical (unpaired) electrons. The van der Waals surface area contributed by atoms with Crippen LogP contribution >= 0.6 is 23.2 Å². The Hall–Kier alpha value is -2.88. The van der Waals surface area contributed by atoms with Crippen LogP contribution in [0.1, 0.15) is 18.1 Å². The minimum absolute atomic E-state index is 0.475. The van der Waals surface area contributed by atoms with Crippen LogP contribution in [0.5, 0.6) is 11.5 Å². The van der Waals surface area contributed by atoms with Crippen LogP contribution in [0.2, 0.25) is 10.0 Å². The minimum Gasteiger partial charge on any atom is -0.490 e. The SMILES string of the molecule is CCOc1cc(CNc2ccc(Cl)c(Cl)c2)ccc1OCc1cccc2ccccc12. The van der Waals surface area contributed by atoms with E-state index >= 15 is 0 Å². The van der Waals surface area contributed by atoms with Crippen molar-refractivity contribution in [2.24, 2.45) is 0 Å². The third kappa shape index (κ3) is 5.25. The summed E-state index contributed by atoms with van der Waals surface area (Å²) in [5.74, 6) is 1.46. The third-order valence-corrected chi connectivity index (χ3v) is 5.73. The van der Waals surface area contributed by atoms with Crippen LogP contribution in [0.15, 0.2) is 78.9 Å². The van der Waals surface area contributed by atoms with Crippen LogP contribution in [0, 0.1) is 0 Å². The molecular weight excluding hydrogens is 429 g/mol. The van der Waals surface area contributed by atoms with Crippen molar-refractivity contribution in [1.29, 1.82) is 0 Å². The molecule has 31 heavy (non-hydrogen) atoms. The summed E-state index contributed by atoms with van der Waals surface area (Å²) in [6.07, 6.45) is 0. The lowest BCUT2D eigenvalue weighted by Crippen LogP contribution is -2.03. The van der Waals surface area contributed by atoms with E-state index in [-0.39, 0.29) is 0 Å². The zero-order valence-electron chi connectivity index (χ0n) is 17.2. The van der Waals surface area contributed by atoms with Gasteiger partial charge >= 0.3 is 0 Å². The van der Waals surface area contributed by atoms with Crippen molar-refractivity contribution in [1.82, 2.24) is 0 Å². The predicted molar refractivity (Wildman–Crippen MR) is 130 cm³/mol. The Morgan fingerprint density at radius 1 is 0.774 bits per heavy atom. The van der Waals surface area contributed by atoms with Gasteiger partial charge in [0.25, 0.3) is 0 Å². The van der Waals surface area contributed by atoms with Gasteiger partial charge in [0, 0.05) is 12.2 Å². The Balaban J connectivity index is 1.48. The number of fused-ring (bicyclic) bond motifs is 1. The molecule has 0 bridgehead atoms. The van der Waals surface area contributed by atoms with Gasteiger partial charge in [0.1, 0.15) is 6.61 Å². The average molecular weight is 452 g/mol. The second-order valence-electron chi connectivity index (χ2n) is 7.12. The summed E-state index contributed by atoms with van der Waals surface area (Å²) < 4.78 is 12.0. The zero-order valence-corrected chi connectivity index (χ0v) is 18.7. The van der Waals surface area contributed by atoms with Crippen molar-refractivity contribution < 1.29 is 9.47 Å². The maximum Gasteiger partial charge on any atom is 0.161 e. The van der Waals surface area contributed by atoms with Gasteiger partial charge in [-0.25, -0.2) is 0 Å². The van der Waals surface area contributed by atoms with Crippen LogP contribution in [0.25, 0.3) is 10.8 Å². The van der Waals surface area contributed by atoms with Crippen molar-refractivity contribution in [3.05, 3.63) is 100 Å². The molecule has 0 saturated carbocycles. The largest absolute Gasteiger partial charge is 0.490 e. The van der Waals surface area contributed by atoms with E-state index in [0.717, 1.165) is 28.3 Å². The number of hydrogen-bond donors (Lipinski definition) is 1. The van der Waals surface area contributed by atoms with Crippen molar-refractivity contribution >= 4 is 39.7 Å². The summed E-state index contributed by atoms with van der Waals surface area (Å²) >= 11 is 12.1. The van der Waals surface area contributed by atoms with Crippen molar-refractivity contribution in [3.8, 4) is 11.5 Å². The van der Waals surface area contributed by atoms with E-state index in [1.54, 1.807) is 6.07 Å². The third-order valence-electron chi connectivity index (χ3n) is 4.99. The predicted octanol–water partition coefficient (Wildman–Crippen LogP) is 7.74. The fraction of sp³-hybridized carbons (Fsp3) is 0.154. The molecule has 0 aromatic heterocycles. The highest BCUT2D eigenvalue weighted by Gasteiger charge is 2.09. The monoisotopic (exact) mass is 451 g/mol. The van der Waals surface area contributed by atoms with E-state index in [4.69, 9.17) is 32.7 Å². The van der Waals surface area contributed by atoms with E-state index in [0.29, 0.717) is 29.8 Å². The molecular formula is C26H23Cl2NO2. The van der Waals surface area contributed by atoms with Gasteiger partial charge in [0.2, 0.25) is 0 Å². The molecule has 0 unspecified atom stereocenters. The number of anilines is 1. The smallest absolute Gasteiger partial charge is 0.161 e. The first-order valence-electron chi connectivity index (χ1n) is 10.2. The van der Waals surface area contributed by atoms with E-state index < -0.39 is 0 Å². The molecule has 0 atom stereocenters. The molecule has 0 amide bonds. The number of benzene rings is 4. The van der Waals surface area contributed by atoms with Gasteiger partial charge in [-0.15, -0.1) is 0 Å². The highest BCUT2D eigenvalue weighted by atomic mass is 35.5. The van der Waals surface area contributed by atoms with Crippen molar-refractivity contribution in [2.45, 2.75) is 20.1 Å². The first-order valence-corrected chi connectivity index (χ1v) is 10.9. The first kappa shape index (κ1) is 21.4. The summed E-state index contributed by atoms with van der Waals surface area (Å²) in [6.45, 7) is 3.63. The highest BCUT2D eigenvalue weighted by molar-refractivity contribution is 6.42. The fourth-order valence-electron chi connectivity index (χ4n) is 3.43. The normalized spacial score (nSPS) is 10.8. The van der Waals surface area contributed by atoms with Gasteiger partial charge < -0.3 is 14.8 Å². The number of nitrogens with one attached hydrogen (secondary N) is 1. The van der Waals surface area contributed by atoms with E-state index in [2.05, 4.69) is 35.6 Å². The van der Waals surface area contributed by atoms with Gasteiger partial charge in [0.05, 0.1) is 16.7 Å². The Morgan fingerprint density at radius 2 is 1.61 bits per heavy atom. The van der Waals surface area contributed by atoms with Crippen LogP contribution in [0.4, 0.5) is 5.69 Å². The first-order chi connectivity index (χ1) is 15.1. The molecule has 0 aliphatic heterocycles. The van der Waals surface area contributed by atoms with Crippen LogP contribution < -0.4 is 14.8 Å². The second-order valence-corrected chi connectivity index (χ2v) is 7.94. The van der Waals surface area contributed by atoms with Gasteiger partial charge in [-0.05, 0) is 59.2 Å². The van der Waals surface area contributed by atoms with Crippen molar-refractivity contribution in [3.63, 3.8) is 0 Å². The topological polar surface area (TPSA) is 30.5 Å². The van der Waals surface area contributed by atoms with Gasteiger partial charge in [-0.1, -0.05) is 71.7 Å². The molecule has 1 N–H and O–H groups in total. The summed E-state index contributed by atoms with van der Waals surface area (Å²) in [6, 6.07) is 26.1. The summed E-state index contributed by atoms with van der Waals surface area (Å²) in [5.41, 5.74) is 3.13.